The molecule has 0 N–H and O–H groups in total. The van der Waals surface area contributed by atoms with Gasteiger partial charge in [0.05, 0.1) is 21.9 Å². The van der Waals surface area contributed by atoms with Gasteiger partial charge >= 0.3 is 0 Å². The van der Waals surface area contributed by atoms with E-state index in [0.29, 0.717) is 23.4 Å². The molecule has 0 saturated carbocycles. The molecular weight excluding hydrogens is 461 g/mol. The zero-order valence-corrected chi connectivity index (χ0v) is 17.8. The Balaban J connectivity index is 1.62. The molecule has 10 nitrogen and oxygen atoms in total. The maximum absolute atomic E-state index is 13.6. The number of benzene rings is 2. The maximum Gasteiger partial charge on any atom is 0.289 e. The van der Waals surface area contributed by atoms with Crippen LogP contribution in [0.4, 0.5) is 10.1 Å². The van der Waals surface area contributed by atoms with Crippen LogP contribution in [0.2, 0.25) is 0 Å². The van der Waals surface area contributed by atoms with E-state index in [4.69, 9.17) is 0 Å². The van der Waals surface area contributed by atoms with Crippen molar-refractivity contribution in [3.05, 3.63) is 73.8 Å². The zero-order chi connectivity index (χ0) is 22.6. The maximum atomic E-state index is 13.6. The third-order valence-corrected chi connectivity index (χ3v) is 8.28. The van der Waals surface area contributed by atoms with E-state index in [1.54, 1.807) is 0 Å². The summed E-state index contributed by atoms with van der Waals surface area (Å²) in [4.78, 5) is 27.6. The lowest BCUT2D eigenvalue weighted by molar-refractivity contribution is -0.387. The summed E-state index contributed by atoms with van der Waals surface area (Å²) in [5, 5.41) is 16.1. The van der Waals surface area contributed by atoms with Crippen molar-refractivity contribution in [2.75, 3.05) is 6.54 Å². The smallest absolute Gasteiger partial charge is 0.267 e. The van der Waals surface area contributed by atoms with Crippen molar-refractivity contribution in [2.24, 2.45) is 0 Å². The first-order valence-corrected chi connectivity index (χ1v) is 11.8. The fraction of sp³-hybridized carbons (Fsp3) is 0.211. The van der Waals surface area contributed by atoms with E-state index in [-0.39, 0.29) is 16.9 Å². The van der Waals surface area contributed by atoms with Crippen LogP contribution in [0.5, 0.6) is 0 Å². The van der Waals surface area contributed by atoms with Crippen LogP contribution < -0.4 is 5.56 Å². The standard InChI is InChI=1S/C19H14FN5O5S2/c20-11-7-8-13-12(10-11)18(26)24-19(21-13)31-17(22-24)15-5-3-9-23(15)32(29,30)16-6-2-1-4-14(16)25(27)28/h1-2,4,6-8,10,15H,3,5,9H2/t15-/m1/s1. The molecule has 0 spiro atoms. The Bertz CT molecular complexity index is 1570. The number of nitro benzene ring substituents is 1. The lowest BCUT2D eigenvalue weighted by Crippen LogP contribution is -2.31. The lowest BCUT2D eigenvalue weighted by Gasteiger charge is -2.22. The molecular formula is C19H14FN5O5S2. The van der Waals surface area contributed by atoms with Crippen LogP contribution in [-0.4, -0.2) is 38.8 Å². The van der Waals surface area contributed by atoms with Gasteiger partial charge in [-0.1, -0.05) is 23.5 Å². The molecule has 2 aromatic carbocycles. The Hall–Kier alpha value is -3.29. The van der Waals surface area contributed by atoms with Crippen molar-refractivity contribution in [3.63, 3.8) is 0 Å². The van der Waals surface area contributed by atoms with E-state index in [2.05, 4.69) is 10.1 Å². The molecule has 4 aromatic rings. The minimum absolute atomic E-state index is 0.0650. The molecule has 164 valence electrons. The topological polar surface area (TPSA) is 128 Å². The summed E-state index contributed by atoms with van der Waals surface area (Å²) in [6.45, 7) is 0.157. The molecule has 5 rings (SSSR count). The van der Waals surface area contributed by atoms with Gasteiger partial charge in [-0.05, 0) is 37.1 Å². The van der Waals surface area contributed by atoms with Gasteiger partial charge in [0.2, 0.25) is 4.96 Å². The highest BCUT2D eigenvalue weighted by Crippen LogP contribution is 2.39. The Kier molecular flexibility index (Phi) is 4.76. The minimum Gasteiger partial charge on any atom is -0.267 e. The second kappa shape index (κ2) is 7.39. The van der Waals surface area contributed by atoms with Gasteiger partial charge in [-0.2, -0.15) is 13.9 Å². The minimum atomic E-state index is -4.20. The number of para-hydroxylation sites is 1. The second-order valence-corrected chi connectivity index (χ2v) is 10.1. The Morgan fingerprint density at radius 1 is 1.22 bits per heavy atom. The molecule has 13 heteroatoms. The third kappa shape index (κ3) is 3.16. The van der Waals surface area contributed by atoms with Crippen LogP contribution in [0.25, 0.3) is 15.9 Å². The molecule has 0 bridgehead atoms. The molecule has 1 atom stereocenters. The molecule has 0 unspecified atom stereocenters. The van der Waals surface area contributed by atoms with Crippen LogP contribution in [-0.2, 0) is 10.0 Å². The molecule has 0 radical (unpaired) electrons. The first-order valence-electron chi connectivity index (χ1n) is 9.51. The average Bonchev–Trinajstić information content (AvgIpc) is 3.42. The fourth-order valence-electron chi connectivity index (χ4n) is 3.86. The normalized spacial score (nSPS) is 17.3. The number of halogens is 1. The van der Waals surface area contributed by atoms with Gasteiger partial charge in [-0.25, -0.2) is 17.8 Å². The van der Waals surface area contributed by atoms with E-state index >= 15 is 0 Å². The number of nitrogens with zero attached hydrogens (tertiary/aromatic N) is 5. The van der Waals surface area contributed by atoms with Gasteiger partial charge in [0.15, 0.2) is 4.90 Å². The van der Waals surface area contributed by atoms with Crippen molar-refractivity contribution in [3.8, 4) is 0 Å². The number of sulfonamides is 1. The average molecular weight is 475 g/mol. The summed E-state index contributed by atoms with van der Waals surface area (Å²) >= 11 is 1.06. The van der Waals surface area contributed by atoms with Gasteiger partial charge in [0, 0.05) is 12.6 Å². The Morgan fingerprint density at radius 3 is 2.78 bits per heavy atom. The number of fused-ring (bicyclic) bond motifs is 2. The van der Waals surface area contributed by atoms with Gasteiger partial charge in [0.25, 0.3) is 21.3 Å². The summed E-state index contributed by atoms with van der Waals surface area (Å²) < 4.78 is 42.5. The number of hydrogen-bond acceptors (Lipinski definition) is 8. The summed E-state index contributed by atoms with van der Waals surface area (Å²) in [6, 6.07) is 8.15. The van der Waals surface area contributed by atoms with Crippen LogP contribution in [0.1, 0.15) is 23.9 Å². The van der Waals surface area contributed by atoms with Gasteiger partial charge in [-0.15, -0.1) is 0 Å². The van der Waals surface area contributed by atoms with E-state index in [9.17, 15) is 27.7 Å². The Labute approximate surface area is 183 Å². The summed E-state index contributed by atoms with van der Waals surface area (Å²) in [6.07, 6.45) is 0.957. The van der Waals surface area contributed by atoms with Crippen molar-refractivity contribution in [1.29, 1.82) is 0 Å². The molecule has 1 aliphatic heterocycles. The molecule has 1 fully saturated rings. The Morgan fingerprint density at radius 2 is 2.00 bits per heavy atom. The molecule has 0 aliphatic carbocycles. The highest BCUT2D eigenvalue weighted by molar-refractivity contribution is 7.89. The molecule has 32 heavy (non-hydrogen) atoms. The van der Waals surface area contributed by atoms with E-state index < -0.39 is 42.9 Å². The molecule has 3 heterocycles. The zero-order valence-electron chi connectivity index (χ0n) is 16.2. The molecule has 1 saturated heterocycles. The van der Waals surface area contributed by atoms with Crippen molar-refractivity contribution in [1.82, 2.24) is 18.9 Å². The summed E-state index contributed by atoms with van der Waals surface area (Å²) in [7, 11) is -4.20. The van der Waals surface area contributed by atoms with Gasteiger partial charge in [0.1, 0.15) is 10.8 Å². The molecule has 0 amide bonds. The number of hydrogen-bond donors (Lipinski definition) is 0. The largest absolute Gasteiger partial charge is 0.289 e. The number of nitro groups is 1. The molecule has 2 aromatic heterocycles. The van der Waals surface area contributed by atoms with Crippen LogP contribution in [0.15, 0.2) is 52.2 Å². The fourth-order valence-corrected chi connectivity index (χ4v) is 6.79. The lowest BCUT2D eigenvalue weighted by atomic mass is 10.2. The van der Waals surface area contributed by atoms with Crippen LogP contribution >= 0.6 is 11.3 Å². The van der Waals surface area contributed by atoms with Gasteiger partial charge < -0.3 is 0 Å². The van der Waals surface area contributed by atoms with Crippen molar-refractivity contribution < 1.29 is 17.7 Å². The highest BCUT2D eigenvalue weighted by atomic mass is 32.2. The number of rotatable bonds is 4. The summed E-state index contributed by atoms with van der Waals surface area (Å²) in [5.41, 5.74) is -0.755. The van der Waals surface area contributed by atoms with E-state index in [0.717, 1.165) is 28.0 Å². The first-order chi connectivity index (χ1) is 15.3. The van der Waals surface area contributed by atoms with Gasteiger partial charge in [-0.3, -0.25) is 14.9 Å². The van der Waals surface area contributed by atoms with Crippen LogP contribution in [0.3, 0.4) is 0 Å². The number of aromatic nitrogens is 3. The predicted octanol–water partition coefficient (Wildman–Crippen LogP) is 2.88. The van der Waals surface area contributed by atoms with E-state index in [1.165, 1.54) is 34.6 Å². The summed E-state index contributed by atoms with van der Waals surface area (Å²) in [5.74, 6) is -0.579. The third-order valence-electron chi connectivity index (χ3n) is 5.31. The molecule has 1 aliphatic rings. The SMILES string of the molecule is O=c1c2cc(F)ccc2nc2sc([C@H]3CCCN3S(=O)(=O)c3ccccc3[N+](=O)[O-])nn12. The first kappa shape index (κ1) is 20.6. The predicted molar refractivity (Wildman–Crippen MR) is 114 cm³/mol. The second-order valence-electron chi connectivity index (χ2n) is 7.21. The van der Waals surface area contributed by atoms with Crippen molar-refractivity contribution in [2.45, 2.75) is 23.8 Å². The van der Waals surface area contributed by atoms with Crippen molar-refractivity contribution >= 4 is 42.9 Å². The van der Waals surface area contributed by atoms with Crippen LogP contribution in [0, 0.1) is 15.9 Å². The highest BCUT2D eigenvalue weighted by Gasteiger charge is 2.41. The van der Waals surface area contributed by atoms with E-state index in [1.807, 2.05) is 0 Å². The quantitative estimate of drug-likeness (QED) is 0.328. The monoisotopic (exact) mass is 475 g/mol.